The molecule has 0 aliphatic heterocycles. The van der Waals surface area contributed by atoms with Gasteiger partial charge in [-0.3, -0.25) is 0 Å². The molecule has 0 radical (unpaired) electrons. The van der Waals surface area contributed by atoms with Crippen LogP contribution in [0.2, 0.25) is 0 Å². The minimum absolute atomic E-state index is 0.122. The van der Waals surface area contributed by atoms with Crippen LogP contribution in [0.1, 0.15) is 46.0 Å². The van der Waals surface area contributed by atoms with Crippen LogP contribution < -0.4 is 15.2 Å². The maximum Gasteiger partial charge on any atom is 0.146 e. The third-order valence-corrected chi connectivity index (χ3v) is 3.20. The van der Waals surface area contributed by atoms with Gasteiger partial charge in [0.05, 0.1) is 17.9 Å². The normalized spacial score (nSPS) is 16.8. The average molecular weight is 249 g/mol. The third kappa shape index (κ3) is 3.56. The lowest BCUT2D eigenvalue weighted by atomic mass is 9.98. The predicted octanol–water partition coefficient (Wildman–Crippen LogP) is 3.77. The molecule has 3 heteroatoms. The number of nitrogen functional groups attached to an aromatic ring is 1. The number of ether oxygens (including phenoxy) is 2. The van der Waals surface area contributed by atoms with Gasteiger partial charge in [-0.05, 0) is 51.7 Å². The van der Waals surface area contributed by atoms with E-state index >= 15 is 0 Å². The van der Waals surface area contributed by atoms with Gasteiger partial charge in [-0.15, -0.1) is 0 Å². The maximum absolute atomic E-state index is 6.00. The van der Waals surface area contributed by atoms with E-state index in [0.29, 0.717) is 11.8 Å². The van der Waals surface area contributed by atoms with Gasteiger partial charge in [0.15, 0.2) is 0 Å². The van der Waals surface area contributed by atoms with Gasteiger partial charge >= 0.3 is 0 Å². The summed E-state index contributed by atoms with van der Waals surface area (Å²) in [7, 11) is 0. The summed E-state index contributed by atoms with van der Waals surface area (Å²) >= 11 is 0. The van der Waals surface area contributed by atoms with Crippen molar-refractivity contribution in [2.24, 2.45) is 0 Å². The van der Waals surface area contributed by atoms with E-state index in [1.54, 1.807) is 0 Å². The van der Waals surface area contributed by atoms with E-state index in [-0.39, 0.29) is 6.10 Å². The molecule has 1 fully saturated rings. The van der Waals surface area contributed by atoms with Crippen molar-refractivity contribution in [3.63, 3.8) is 0 Å². The predicted molar refractivity (Wildman–Crippen MR) is 74.1 cm³/mol. The lowest BCUT2D eigenvalue weighted by molar-refractivity contribution is 0.154. The van der Waals surface area contributed by atoms with Gasteiger partial charge < -0.3 is 15.2 Å². The van der Waals surface area contributed by atoms with E-state index in [0.717, 1.165) is 24.3 Å². The SMILES string of the molecule is CC(C)Oc1cc(OC2CCCCC2)ccc1N. The van der Waals surface area contributed by atoms with Crippen molar-refractivity contribution >= 4 is 5.69 Å². The topological polar surface area (TPSA) is 44.5 Å². The molecule has 0 atom stereocenters. The molecule has 100 valence electrons. The van der Waals surface area contributed by atoms with E-state index in [9.17, 15) is 0 Å². The van der Waals surface area contributed by atoms with Crippen LogP contribution in [-0.4, -0.2) is 12.2 Å². The number of nitrogens with two attached hydrogens (primary N) is 1. The standard InChI is InChI=1S/C15H23NO2/c1-11(2)17-15-10-13(8-9-14(15)16)18-12-6-4-3-5-7-12/h8-12H,3-7,16H2,1-2H3. The highest BCUT2D eigenvalue weighted by atomic mass is 16.5. The molecular weight excluding hydrogens is 226 g/mol. The number of benzene rings is 1. The first-order chi connectivity index (χ1) is 8.65. The van der Waals surface area contributed by atoms with Crippen LogP contribution in [0.3, 0.4) is 0 Å². The van der Waals surface area contributed by atoms with Crippen LogP contribution in [-0.2, 0) is 0 Å². The second-order valence-corrected chi connectivity index (χ2v) is 5.24. The largest absolute Gasteiger partial charge is 0.490 e. The van der Waals surface area contributed by atoms with Crippen LogP contribution in [0.5, 0.6) is 11.5 Å². The van der Waals surface area contributed by atoms with Gasteiger partial charge in [0.25, 0.3) is 0 Å². The summed E-state index contributed by atoms with van der Waals surface area (Å²) in [5.41, 5.74) is 6.56. The fourth-order valence-corrected chi connectivity index (χ4v) is 2.32. The first kappa shape index (κ1) is 13.1. The van der Waals surface area contributed by atoms with Crippen molar-refractivity contribution in [2.75, 3.05) is 5.73 Å². The van der Waals surface area contributed by atoms with Crippen LogP contribution in [0.4, 0.5) is 5.69 Å². The second-order valence-electron chi connectivity index (χ2n) is 5.24. The summed E-state index contributed by atoms with van der Waals surface area (Å²) < 4.78 is 11.7. The van der Waals surface area contributed by atoms with E-state index in [1.165, 1.54) is 19.3 Å². The van der Waals surface area contributed by atoms with Gasteiger partial charge in [0.2, 0.25) is 0 Å². The molecule has 0 amide bonds. The molecule has 0 unspecified atom stereocenters. The molecule has 1 aromatic rings. The van der Waals surface area contributed by atoms with Gasteiger partial charge in [0.1, 0.15) is 11.5 Å². The molecule has 18 heavy (non-hydrogen) atoms. The number of hydrogen-bond acceptors (Lipinski definition) is 3. The summed E-state index contributed by atoms with van der Waals surface area (Å²) in [6, 6.07) is 5.69. The quantitative estimate of drug-likeness (QED) is 0.826. The van der Waals surface area contributed by atoms with Gasteiger partial charge in [0, 0.05) is 6.07 Å². The van der Waals surface area contributed by atoms with Crippen LogP contribution in [0.25, 0.3) is 0 Å². The zero-order valence-electron chi connectivity index (χ0n) is 11.3. The van der Waals surface area contributed by atoms with E-state index in [4.69, 9.17) is 15.2 Å². The summed E-state index contributed by atoms with van der Waals surface area (Å²) in [4.78, 5) is 0. The highest BCUT2D eigenvalue weighted by Crippen LogP contribution is 2.30. The molecule has 2 rings (SSSR count). The molecule has 3 nitrogen and oxygen atoms in total. The highest BCUT2D eigenvalue weighted by molar-refractivity contribution is 5.55. The van der Waals surface area contributed by atoms with Gasteiger partial charge in [-0.25, -0.2) is 0 Å². The first-order valence-electron chi connectivity index (χ1n) is 6.88. The first-order valence-corrected chi connectivity index (χ1v) is 6.88. The summed E-state index contributed by atoms with van der Waals surface area (Å²) in [6.45, 7) is 3.99. The van der Waals surface area contributed by atoms with Crippen LogP contribution in [0, 0.1) is 0 Å². The van der Waals surface area contributed by atoms with Crippen molar-refractivity contribution in [3.05, 3.63) is 18.2 Å². The molecule has 0 spiro atoms. The average Bonchev–Trinajstić information content (AvgIpc) is 2.34. The molecule has 1 aliphatic rings. The Hall–Kier alpha value is -1.38. The summed E-state index contributed by atoms with van der Waals surface area (Å²) in [5.74, 6) is 1.59. The Bertz CT molecular complexity index is 384. The lowest BCUT2D eigenvalue weighted by Gasteiger charge is -2.23. The zero-order chi connectivity index (χ0) is 13.0. The summed E-state index contributed by atoms with van der Waals surface area (Å²) in [5, 5.41) is 0. The molecule has 2 N–H and O–H groups in total. The minimum Gasteiger partial charge on any atom is -0.490 e. The van der Waals surface area contributed by atoms with Gasteiger partial charge in [-0.2, -0.15) is 0 Å². The Morgan fingerprint density at radius 1 is 1.17 bits per heavy atom. The molecule has 0 saturated heterocycles. The van der Waals surface area contributed by atoms with Crippen molar-refractivity contribution in [2.45, 2.75) is 58.2 Å². The molecule has 0 aromatic heterocycles. The van der Waals surface area contributed by atoms with E-state index in [1.807, 2.05) is 32.0 Å². The number of anilines is 1. The van der Waals surface area contributed by atoms with Crippen molar-refractivity contribution in [3.8, 4) is 11.5 Å². The van der Waals surface area contributed by atoms with Crippen molar-refractivity contribution < 1.29 is 9.47 Å². The van der Waals surface area contributed by atoms with E-state index in [2.05, 4.69) is 0 Å². The number of rotatable bonds is 4. The maximum atomic E-state index is 6.00. The van der Waals surface area contributed by atoms with Crippen LogP contribution in [0.15, 0.2) is 18.2 Å². The third-order valence-electron chi connectivity index (χ3n) is 3.20. The fraction of sp³-hybridized carbons (Fsp3) is 0.600. The van der Waals surface area contributed by atoms with Crippen molar-refractivity contribution in [1.29, 1.82) is 0 Å². The van der Waals surface area contributed by atoms with Crippen LogP contribution >= 0.6 is 0 Å². The summed E-state index contributed by atoms with van der Waals surface area (Å²) in [6.07, 6.45) is 6.68. The highest BCUT2D eigenvalue weighted by Gasteiger charge is 2.15. The molecule has 1 aromatic carbocycles. The van der Waals surface area contributed by atoms with Gasteiger partial charge in [-0.1, -0.05) is 6.42 Å². The Balaban J connectivity index is 2.03. The Labute approximate surface area is 109 Å². The lowest BCUT2D eigenvalue weighted by Crippen LogP contribution is -2.19. The molecule has 0 heterocycles. The molecular formula is C15H23NO2. The Kier molecular flexibility index (Phi) is 4.34. The Morgan fingerprint density at radius 3 is 2.56 bits per heavy atom. The number of hydrogen-bond donors (Lipinski definition) is 1. The molecule has 0 bridgehead atoms. The minimum atomic E-state index is 0.122. The smallest absolute Gasteiger partial charge is 0.146 e. The Morgan fingerprint density at radius 2 is 1.89 bits per heavy atom. The zero-order valence-corrected chi connectivity index (χ0v) is 11.3. The molecule has 1 saturated carbocycles. The van der Waals surface area contributed by atoms with Crippen molar-refractivity contribution in [1.82, 2.24) is 0 Å². The molecule has 1 aliphatic carbocycles. The van der Waals surface area contributed by atoms with E-state index < -0.39 is 0 Å². The second kappa shape index (κ2) is 5.98. The monoisotopic (exact) mass is 249 g/mol. The fourth-order valence-electron chi connectivity index (χ4n) is 2.32.